The quantitative estimate of drug-likeness (QED) is 0.543. The van der Waals surface area contributed by atoms with E-state index in [1.165, 1.54) is 11.8 Å². The molecule has 0 amide bonds. The summed E-state index contributed by atoms with van der Waals surface area (Å²) < 4.78 is 16.7. The molecule has 0 bridgehead atoms. The van der Waals surface area contributed by atoms with E-state index in [1.807, 2.05) is 6.26 Å². The van der Waals surface area contributed by atoms with Gasteiger partial charge in [-0.05, 0) is 30.5 Å². The van der Waals surface area contributed by atoms with E-state index in [0.717, 1.165) is 10.0 Å². The van der Waals surface area contributed by atoms with Crippen LogP contribution < -0.4 is 9.47 Å². The summed E-state index contributed by atoms with van der Waals surface area (Å²) >= 11 is 4.84. The first kappa shape index (κ1) is 17.6. The lowest BCUT2D eigenvalue weighted by atomic mass is 10.2. The molecule has 2 rings (SSSR count). The SMILES string of the molecule is COc1cc(Br)c(COC(=O)c2cccnc2SC)cc1OC. The number of methoxy groups -OCH3 is 2. The fourth-order valence-electron chi connectivity index (χ4n) is 1.94. The Morgan fingerprint density at radius 2 is 1.96 bits per heavy atom. The van der Waals surface area contributed by atoms with E-state index in [0.29, 0.717) is 22.1 Å². The van der Waals surface area contributed by atoms with Crippen LogP contribution in [0, 0.1) is 0 Å². The van der Waals surface area contributed by atoms with Gasteiger partial charge < -0.3 is 14.2 Å². The number of aromatic nitrogens is 1. The topological polar surface area (TPSA) is 57.7 Å². The number of benzene rings is 1. The summed E-state index contributed by atoms with van der Waals surface area (Å²) in [5, 5.41) is 0.642. The number of hydrogen-bond acceptors (Lipinski definition) is 6. The molecule has 0 aliphatic rings. The van der Waals surface area contributed by atoms with Crippen LogP contribution >= 0.6 is 27.7 Å². The number of hydrogen-bond donors (Lipinski definition) is 0. The van der Waals surface area contributed by atoms with Crippen molar-refractivity contribution in [2.45, 2.75) is 11.6 Å². The third kappa shape index (κ3) is 4.17. The number of thioether (sulfide) groups is 1. The molecule has 1 aromatic carbocycles. The molecule has 0 radical (unpaired) electrons. The molecule has 5 nitrogen and oxygen atoms in total. The number of nitrogens with zero attached hydrogens (tertiary/aromatic N) is 1. The molecule has 0 saturated heterocycles. The number of pyridine rings is 1. The molecule has 122 valence electrons. The number of carbonyl (C=O) groups is 1. The van der Waals surface area contributed by atoms with Crippen molar-refractivity contribution in [2.24, 2.45) is 0 Å². The summed E-state index contributed by atoms with van der Waals surface area (Å²) in [4.78, 5) is 16.4. The highest BCUT2D eigenvalue weighted by atomic mass is 79.9. The average molecular weight is 398 g/mol. The van der Waals surface area contributed by atoms with Gasteiger partial charge in [-0.1, -0.05) is 15.9 Å². The van der Waals surface area contributed by atoms with E-state index < -0.39 is 5.97 Å². The van der Waals surface area contributed by atoms with E-state index in [2.05, 4.69) is 20.9 Å². The largest absolute Gasteiger partial charge is 0.493 e. The van der Waals surface area contributed by atoms with Crippen molar-refractivity contribution < 1.29 is 19.0 Å². The molecular weight excluding hydrogens is 382 g/mol. The van der Waals surface area contributed by atoms with Crippen molar-refractivity contribution >= 4 is 33.7 Å². The van der Waals surface area contributed by atoms with Gasteiger partial charge in [0.15, 0.2) is 11.5 Å². The molecule has 1 heterocycles. The minimum Gasteiger partial charge on any atom is -0.493 e. The maximum Gasteiger partial charge on any atom is 0.341 e. The summed E-state index contributed by atoms with van der Waals surface area (Å²) in [6.07, 6.45) is 3.51. The molecule has 0 saturated carbocycles. The second-order valence-corrected chi connectivity index (χ2v) is 6.08. The molecule has 0 aliphatic carbocycles. The zero-order valence-electron chi connectivity index (χ0n) is 13.0. The average Bonchev–Trinajstić information content (AvgIpc) is 2.59. The molecule has 0 unspecified atom stereocenters. The Bertz CT molecular complexity index is 708. The number of carbonyl (C=O) groups excluding carboxylic acids is 1. The Balaban J connectivity index is 2.16. The van der Waals surface area contributed by atoms with Gasteiger partial charge >= 0.3 is 5.97 Å². The minimum absolute atomic E-state index is 0.114. The highest BCUT2D eigenvalue weighted by Crippen LogP contribution is 2.33. The zero-order chi connectivity index (χ0) is 16.8. The van der Waals surface area contributed by atoms with Crippen molar-refractivity contribution in [3.63, 3.8) is 0 Å². The number of rotatable bonds is 6. The van der Waals surface area contributed by atoms with E-state index in [-0.39, 0.29) is 6.61 Å². The van der Waals surface area contributed by atoms with Gasteiger partial charge in [0.1, 0.15) is 11.6 Å². The molecule has 0 N–H and O–H groups in total. The Morgan fingerprint density at radius 3 is 2.61 bits per heavy atom. The van der Waals surface area contributed by atoms with Crippen molar-refractivity contribution in [1.82, 2.24) is 4.98 Å². The van der Waals surface area contributed by atoms with Crippen molar-refractivity contribution in [1.29, 1.82) is 0 Å². The summed E-state index contributed by atoms with van der Waals surface area (Å²) in [5.74, 6) is 0.767. The van der Waals surface area contributed by atoms with Crippen LogP contribution in [-0.4, -0.2) is 31.4 Å². The van der Waals surface area contributed by atoms with Gasteiger partial charge in [-0.2, -0.15) is 0 Å². The molecule has 0 aliphatic heterocycles. The van der Waals surface area contributed by atoms with Crippen LogP contribution in [0.3, 0.4) is 0 Å². The first-order valence-corrected chi connectivity index (χ1v) is 8.69. The minimum atomic E-state index is -0.413. The number of halogens is 1. The monoisotopic (exact) mass is 397 g/mol. The normalized spacial score (nSPS) is 10.3. The third-order valence-electron chi connectivity index (χ3n) is 3.10. The van der Waals surface area contributed by atoms with Crippen LogP contribution in [-0.2, 0) is 11.3 Å². The smallest absolute Gasteiger partial charge is 0.341 e. The van der Waals surface area contributed by atoms with Gasteiger partial charge in [-0.15, -0.1) is 11.8 Å². The molecule has 7 heteroatoms. The zero-order valence-corrected chi connectivity index (χ0v) is 15.4. The van der Waals surface area contributed by atoms with Gasteiger partial charge in [0.05, 0.1) is 19.8 Å². The molecule has 0 spiro atoms. The summed E-state index contributed by atoms with van der Waals surface area (Å²) in [6.45, 7) is 0.114. The molecule has 2 aromatic rings. The van der Waals surface area contributed by atoms with Crippen LogP contribution in [0.15, 0.2) is 40.0 Å². The first-order valence-electron chi connectivity index (χ1n) is 6.67. The Labute approximate surface area is 147 Å². The van der Waals surface area contributed by atoms with Gasteiger partial charge in [-0.3, -0.25) is 0 Å². The molecule has 0 fully saturated rings. The Hall–Kier alpha value is -1.73. The summed E-state index contributed by atoms with van der Waals surface area (Å²) in [7, 11) is 3.12. The van der Waals surface area contributed by atoms with E-state index in [1.54, 1.807) is 44.7 Å². The molecule has 1 aromatic heterocycles. The van der Waals surface area contributed by atoms with E-state index >= 15 is 0 Å². The molecule has 0 atom stereocenters. The predicted octanol–water partition coefficient (Wildman–Crippen LogP) is 3.94. The predicted molar refractivity (Wildman–Crippen MR) is 92.4 cm³/mol. The summed E-state index contributed by atoms with van der Waals surface area (Å²) in [6, 6.07) is 6.96. The summed E-state index contributed by atoms with van der Waals surface area (Å²) in [5.41, 5.74) is 1.24. The second kappa shape index (κ2) is 8.21. The fourth-order valence-corrected chi connectivity index (χ4v) is 2.91. The van der Waals surface area contributed by atoms with Gasteiger partial charge in [0, 0.05) is 16.2 Å². The van der Waals surface area contributed by atoms with E-state index in [4.69, 9.17) is 14.2 Å². The highest BCUT2D eigenvalue weighted by Gasteiger charge is 2.15. The van der Waals surface area contributed by atoms with Crippen molar-refractivity contribution in [3.8, 4) is 11.5 Å². The Morgan fingerprint density at radius 1 is 1.26 bits per heavy atom. The van der Waals surface area contributed by atoms with E-state index in [9.17, 15) is 4.79 Å². The van der Waals surface area contributed by atoms with Crippen molar-refractivity contribution in [2.75, 3.05) is 20.5 Å². The van der Waals surface area contributed by atoms with Gasteiger partial charge in [0.25, 0.3) is 0 Å². The lowest BCUT2D eigenvalue weighted by Gasteiger charge is -2.12. The van der Waals surface area contributed by atoms with Crippen LogP contribution in [0.4, 0.5) is 0 Å². The van der Waals surface area contributed by atoms with Crippen LogP contribution in [0.1, 0.15) is 15.9 Å². The fraction of sp³-hybridized carbons (Fsp3) is 0.250. The lowest BCUT2D eigenvalue weighted by molar-refractivity contribution is 0.0466. The van der Waals surface area contributed by atoms with Gasteiger partial charge in [-0.25, -0.2) is 9.78 Å². The number of esters is 1. The number of ether oxygens (including phenoxy) is 3. The standard InChI is InChI=1S/C16H16BrNO4S/c1-20-13-7-10(12(17)8-14(13)21-2)9-22-16(19)11-5-4-6-18-15(11)23-3/h4-8H,9H2,1-3H3. The van der Waals surface area contributed by atoms with Gasteiger partial charge in [0.2, 0.25) is 0 Å². The molecular formula is C16H16BrNO4S. The highest BCUT2D eigenvalue weighted by molar-refractivity contribution is 9.10. The van der Waals surface area contributed by atoms with Crippen LogP contribution in [0.2, 0.25) is 0 Å². The van der Waals surface area contributed by atoms with Crippen molar-refractivity contribution in [3.05, 3.63) is 46.1 Å². The Kier molecular flexibility index (Phi) is 6.29. The second-order valence-electron chi connectivity index (χ2n) is 4.43. The third-order valence-corrected chi connectivity index (χ3v) is 4.55. The van der Waals surface area contributed by atoms with Crippen LogP contribution in [0.25, 0.3) is 0 Å². The maximum absolute atomic E-state index is 12.2. The first-order chi connectivity index (χ1) is 11.1. The lowest BCUT2D eigenvalue weighted by Crippen LogP contribution is -2.08. The molecule has 23 heavy (non-hydrogen) atoms. The maximum atomic E-state index is 12.2. The van der Waals surface area contributed by atoms with Crippen LogP contribution in [0.5, 0.6) is 11.5 Å².